The van der Waals surface area contributed by atoms with E-state index in [-0.39, 0.29) is 17.9 Å². The Bertz CT molecular complexity index is 676. The number of nitrogens with one attached hydrogen (secondary N) is 2. The average Bonchev–Trinajstić information content (AvgIpc) is 2.57. The van der Waals surface area contributed by atoms with Gasteiger partial charge in [-0.1, -0.05) is 31.5 Å². The lowest BCUT2D eigenvalue weighted by atomic mass is 10.0. The lowest BCUT2D eigenvalue weighted by Crippen LogP contribution is -2.52. The molecular weight excluding hydrogens is 342 g/mol. The lowest BCUT2D eigenvalue weighted by Gasteiger charge is -2.33. The first-order chi connectivity index (χ1) is 11.8. The van der Waals surface area contributed by atoms with Crippen molar-refractivity contribution in [2.75, 3.05) is 18.4 Å². The normalized spacial score (nSPS) is 17.3. The van der Waals surface area contributed by atoms with E-state index in [2.05, 4.69) is 10.6 Å². The molecule has 2 N–H and O–H groups in total. The van der Waals surface area contributed by atoms with Gasteiger partial charge in [0.15, 0.2) is 0 Å². The molecule has 0 aromatic heterocycles. The van der Waals surface area contributed by atoms with Crippen LogP contribution in [0.5, 0.6) is 0 Å². The maximum absolute atomic E-state index is 12.4. The number of aryl methyl sites for hydroxylation is 1. The first-order valence-electron chi connectivity index (χ1n) is 8.44. The van der Waals surface area contributed by atoms with E-state index in [1.807, 2.05) is 20.8 Å². The monoisotopic (exact) mass is 365 g/mol. The van der Waals surface area contributed by atoms with Gasteiger partial charge >= 0.3 is 11.8 Å². The summed E-state index contributed by atoms with van der Waals surface area (Å²) in [7, 11) is 0. The molecule has 1 aromatic carbocycles. The van der Waals surface area contributed by atoms with Crippen LogP contribution in [-0.4, -0.2) is 41.8 Å². The molecule has 1 unspecified atom stereocenters. The highest BCUT2D eigenvalue weighted by Crippen LogP contribution is 2.20. The van der Waals surface area contributed by atoms with Gasteiger partial charge < -0.3 is 15.5 Å². The fourth-order valence-corrected chi connectivity index (χ4v) is 2.87. The molecule has 0 radical (unpaired) electrons. The van der Waals surface area contributed by atoms with E-state index < -0.39 is 11.8 Å². The number of piperidine rings is 1. The molecule has 2 rings (SSSR count). The first-order valence-corrected chi connectivity index (χ1v) is 8.82. The molecule has 3 amide bonds. The number of likely N-dealkylation sites (tertiary alicyclic amines) is 1. The molecule has 1 aliphatic rings. The minimum Gasteiger partial charge on any atom is -0.351 e. The second kappa shape index (κ2) is 8.34. The Morgan fingerprint density at radius 3 is 2.68 bits per heavy atom. The van der Waals surface area contributed by atoms with Crippen LogP contribution in [0.4, 0.5) is 5.69 Å². The van der Waals surface area contributed by atoms with Gasteiger partial charge in [0.05, 0.1) is 0 Å². The summed E-state index contributed by atoms with van der Waals surface area (Å²) in [6, 6.07) is 5.00. The number of nitrogens with zero attached hydrogens (tertiary/aromatic N) is 1. The minimum absolute atomic E-state index is 0.0432. The third-order valence-corrected chi connectivity index (χ3v) is 4.46. The van der Waals surface area contributed by atoms with Crippen molar-refractivity contribution in [3.05, 3.63) is 28.8 Å². The van der Waals surface area contributed by atoms with Crippen molar-refractivity contribution in [3.63, 3.8) is 0 Å². The van der Waals surface area contributed by atoms with E-state index in [0.717, 1.165) is 18.4 Å². The molecule has 0 spiro atoms. The van der Waals surface area contributed by atoms with E-state index in [1.54, 1.807) is 18.2 Å². The molecule has 0 aliphatic carbocycles. The minimum atomic E-state index is -0.693. The molecule has 0 bridgehead atoms. The van der Waals surface area contributed by atoms with E-state index >= 15 is 0 Å². The summed E-state index contributed by atoms with van der Waals surface area (Å²) in [6.45, 7) is 6.33. The molecular formula is C18H24ClN3O3. The van der Waals surface area contributed by atoms with E-state index in [1.165, 1.54) is 4.90 Å². The molecule has 7 heteroatoms. The summed E-state index contributed by atoms with van der Waals surface area (Å²) >= 11 is 5.93. The van der Waals surface area contributed by atoms with Gasteiger partial charge in [-0.15, -0.1) is 0 Å². The Kier molecular flexibility index (Phi) is 6.42. The molecule has 1 atom stereocenters. The van der Waals surface area contributed by atoms with Gasteiger partial charge in [-0.3, -0.25) is 14.4 Å². The van der Waals surface area contributed by atoms with Crippen LogP contribution in [0.25, 0.3) is 0 Å². The van der Waals surface area contributed by atoms with Crippen molar-refractivity contribution < 1.29 is 14.4 Å². The van der Waals surface area contributed by atoms with Crippen molar-refractivity contribution >= 4 is 35.0 Å². The Balaban J connectivity index is 1.98. The number of hydrogen-bond donors (Lipinski definition) is 2. The van der Waals surface area contributed by atoms with Crippen molar-refractivity contribution in [3.8, 4) is 0 Å². The molecule has 1 saturated heterocycles. The van der Waals surface area contributed by atoms with Crippen LogP contribution < -0.4 is 10.6 Å². The van der Waals surface area contributed by atoms with Gasteiger partial charge in [0.2, 0.25) is 5.91 Å². The zero-order chi connectivity index (χ0) is 18.6. The van der Waals surface area contributed by atoms with Crippen LogP contribution >= 0.6 is 11.6 Å². The number of carbonyl (C=O) groups is 3. The summed E-state index contributed by atoms with van der Waals surface area (Å²) in [5, 5.41) is 6.04. The number of amides is 3. The average molecular weight is 366 g/mol. The number of anilines is 1. The molecule has 136 valence electrons. The lowest BCUT2D eigenvalue weighted by molar-refractivity contribution is -0.144. The Morgan fingerprint density at radius 2 is 2.00 bits per heavy atom. The van der Waals surface area contributed by atoms with Crippen LogP contribution in [0.15, 0.2) is 18.2 Å². The van der Waals surface area contributed by atoms with E-state index in [4.69, 9.17) is 11.6 Å². The second-order valence-electron chi connectivity index (χ2n) is 6.67. The van der Waals surface area contributed by atoms with Crippen molar-refractivity contribution in [2.45, 2.75) is 39.7 Å². The fraction of sp³-hybridized carbons (Fsp3) is 0.500. The van der Waals surface area contributed by atoms with Gasteiger partial charge in [-0.25, -0.2) is 0 Å². The van der Waals surface area contributed by atoms with Gasteiger partial charge in [0.25, 0.3) is 0 Å². The Hall–Kier alpha value is -2.08. The molecule has 1 heterocycles. The summed E-state index contributed by atoms with van der Waals surface area (Å²) in [5.74, 6) is -1.44. The topological polar surface area (TPSA) is 78.5 Å². The van der Waals surface area contributed by atoms with Crippen LogP contribution in [0.3, 0.4) is 0 Å². The number of carbonyl (C=O) groups excluding carboxylic acids is 3. The second-order valence-corrected chi connectivity index (χ2v) is 7.10. The van der Waals surface area contributed by atoms with Crippen LogP contribution in [0, 0.1) is 12.8 Å². The van der Waals surface area contributed by atoms with Crippen LogP contribution in [-0.2, 0) is 14.4 Å². The zero-order valence-electron chi connectivity index (χ0n) is 14.8. The van der Waals surface area contributed by atoms with Gasteiger partial charge in [-0.05, 0) is 37.5 Å². The van der Waals surface area contributed by atoms with Gasteiger partial charge in [0.1, 0.15) is 0 Å². The van der Waals surface area contributed by atoms with Crippen LogP contribution in [0.1, 0.15) is 32.3 Å². The molecule has 0 saturated carbocycles. The Morgan fingerprint density at radius 1 is 1.28 bits per heavy atom. The SMILES string of the molecule is Cc1ccc(Cl)cc1NC(=O)C(=O)N1CCCC(NC(=O)C(C)C)C1. The standard InChI is InChI=1S/C18H24ClN3O3/c1-11(2)16(23)20-14-5-4-8-22(10-14)18(25)17(24)21-15-9-13(19)7-6-12(15)3/h6-7,9,11,14H,4-5,8,10H2,1-3H3,(H,20,23)(H,21,24). The van der Waals surface area contributed by atoms with Crippen LogP contribution in [0.2, 0.25) is 5.02 Å². The molecule has 1 aliphatic heterocycles. The van der Waals surface area contributed by atoms with Gasteiger partial charge in [0, 0.05) is 35.8 Å². The van der Waals surface area contributed by atoms with E-state index in [0.29, 0.717) is 23.8 Å². The predicted molar refractivity (Wildman–Crippen MR) is 97.4 cm³/mol. The molecule has 6 nitrogen and oxygen atoms in total. The number of rotatable bonds is 3. The summed E-state index contributed by atoms with van der Waals surface area (Å²) < 4.78 is 0. The summed E-state index contributed by atoms with van der Waals surface area (Å²) in [4.78, 5) is 38.0. The maximum Gasteiger partial charge on any atom is 0.313 e. The predicted octanol–water partition coefficient (Wildman–Crippen LogP) is 2.35. The zero-order valence-corrected chi connectivity index (χ0v) is 15.5. The summed E-state index contributed by atoms with van der Waals surface area (Å²) in [5.41, 5.74) is 1.35. The van der Waals surface area contributed by atoms with E-state index in [9.17, 15) is 14.4 Å². The maximum atomic E-state index is 12.4. The highest BCUT2D eigenvalue weighted by molar-refractivity contribution is 6.39. The third kappa shape index (κ3) is 5.19. The molecule has 1 fully saturated rings. The third-order valence-electron chi connectivity index (χ3n) is 4.22. The highest BCUT2D eigenvalue weighted by Gasteiger charge is 2.29. The van der Waals surface area contributed by atoms with Gasteiger partial charge in [-0.2, -0.15) is 0 Å². The quantitative estimate of drug-likeness (QED) is 0.807. The Labute approximate surface area is 152 Å². The summed E-state index contributed by atoms with van der Waals surface area (Å²) in [6.07, 6.45) is 1.55. The van der Waals surface area contributed by atoms with Crippen molar-refractivity contribution in [2.24, 2.45) is 5.92 Å². The number of halogens is 1. The van der Waals surface area contributed by atoms with Crippen molar-refractivity contribution in [1.29, 1.82) is 0 Å². The molecule has 1 aromatic rings. The largest absolute Gasteiger partial charge is 0.351 e. The number of benzene rings is 1. The van der Waals surface area contributed by atoms with Crippen molar-refractivity contribution in [1.82, 2.24) is 10.2 Å². The smallest absolute Gasteiger partial charge is 0.313 e. The fourth-order valence-electron chi connectivity index (χ4n) is 2.70. The first kappa shape index (κ1) is 19.2. The number of hydrogen-bond acceptors (Lipinski definition) is 3. The highest BCUT2D eigenvalue weighted by atomic mass is 35.5. The molecule has 25 heavy (non-hydrogen) atoms.